The summed E-state index contributed by atoms with van der Waals surface area (Å²) in [6.45, 7) is 6.39. The van der Waals surface area contributed by atoms with Crippen molar-refractivity contribution in [3.63, 3.8) is 0 Å². The van der Waals surface area contributed by atoms with E-state index in [0.29, 0.717) is 17.3 Å². The lowest BCUT2D eigenvalue weighted by Crippen LogP contribution is -2.54. The zero-order valence-electron chi connectivity index (χ0n) is 17.8. The molecule has 2 aromatic carbocycles. The van der Waals surface area contributed by atoms with Gasteiger partial charge in [-0.2, -0.15) is 0 Å². The second-order valence-corrected chi connectivity index (χ2v) is 8.14. The summed E-state index contributed by atoms with van der Waals surface area (Å²) in [5, 5.41) is 3.25. The van der Waals surface area contributed by atoms with Crippen molar-refractivity contribution in [1.29, 1.82) is 0 Å². The molecule has 0 aromatic heterocycles. The molecule has 1 N–H and O–H groups in total. The second kappa shape index (κ2) is 10.6. The van der Waals surface area contributed by atoms with Crippen LogP contribution in [0.15, 0.2) is 48.5 Å². The van der Waals surface area contributed by atoms with Crippen molar-refractivity contribution in [2.75, 3.05) is 25.0 Å². The van der Waals surface area contributed by atoms with Crippen LogP contribution in [0.4, 0.5) is 10.1 Å². The minimum Gasteiger partial charge on any atom is -0.334 e. The lowest BCUT2D eigenvalue weighted by atomic mass is 10.1. The van der Waals surface area contributed by atoms with E-state index in [1.54, 1.807) is 42.5 Å². The van der Waals surface area contributed by atoms with Crippen molar-refractivity contribution in [1.82, 2.24) is 9.80 Å². The van der Waals surface area contributed by atoms with Gasteiger partial charge < -0.3 is 10.2 Å². The first-order chi connectivity index (χ1) is 14.9. The first-order valence-corrected chi connectivity index (χ1v) is 10.8. The van der Waals surface area contributed by atoms with Crippen molar-refractivity contribution < 1.29 is 14.0 Å². The largest absolute Gasteiger partial charge is 0.334 e. The van der Waals surface area contributed by atoms with Crippen molar-refractivity contribution in [3.05, 3.63) is 70.5 Å². The van der Waals surface area contributed by atoms with Gasteiger partial charge in [0.05, 0.1) is 0 Å². The molecule has 2 amide bonds. The SMILES string of the molecule is CCC1CN(Cc2ccc(F)cc2)CCN1C(=O)/C=C/c1ccc(Cl)cc1NC(C)=O. The summed E-state index contributed by atoms with van der Waals surface area (Å²) in [5.74, 6) is -0.497. The lowest BCUT2D eigenvalue weighted by Gasteiger charge is -2.41. The minimum atomic E-state index is -0.236. The molecule has 5 nitrogen and oxygen atoms in total. The van der Waals surface area contributed by atoms with Crippen LogP contribution >= 0.6 is 11.6 Å². The molecule has 1 unspecified atom stereocenters. The molecule has 2 aromatic rings. The molecule has 0 saturated carbocycles. The number of carbonyl (C=O) groups is 2. The molecule has 1 aliphatic rings. The van der Waals surface area contributed by atoms with E-state index < -0.39 is 0 Å². The Labute approximate surface area is 187 Å². The van der Waals surface area contributed by atoms with Crippen molar-refractivity contribution in [2.45, 2.75) is 32.9 Å². The Morgan fingerprint density at radius 3 is 2.61 bits per heavy atom. The standard InChI is InChI=1S/C24H27ClFN3O2/c1-3-22-16-28(15-18-4-9-21(26)10-5-18)12-13-29(22)24(31)11-7-19-6-8-20(25)14-23(19)27-17(2)30/h4-11,14,22H,3,12-13,15-16H2,1-2H3,(H,27,30)/b11-7+. The average molecular weight is 444 g/mol. The Kier molecular flexibility index (Phi) is 7.82. The number of anilines is 1. The summed E-state index contributed by atoms with van der Waals surface area (Å²) < 4.78 is 13.1. The van der Waals surface area contributed by atoms with Crippen LogP contribution in [-0.4, -0.2) is 47.3 Å². The highest BCUT2D eigenvalue weighted by Crippen LogP contribution is 2.23. The molecule has 0 spiro atoms. The van der Waals surface area contributed by atoms with Crippen molar-refractivity contribution >= 4 is 35.2 Å². The Morgan fingerprint density at radius 1 is 1.19 bits per heavy atom. The average Bonchev–Trinajstić information content (AvgIpc) is 2.74. The molecule has 1 aliphatic heterocycles. The number of nitrogens with zero attached hydrogens (tertiary/aromatic N) is 2. The normalized spacial score (nSPS) is 17.2. The lowest BCUT2D eigenvalue weighted by molar-refractivity contribution is -0.131. The molecule has 1 saturated heterocycles. The predicted octanol–water partition coefficient (Wildman–Crippen LogP) is 4.57. The molecule has 1 heterocycles. The van der Waals surface area contributed by atoms with Gasteiger partial charge in [0, 0.05) is 55.9 Å². The van der Waals surface area contributed by atoms with E-state index in [1.165, 1.54) is 19.1 Å². The summed E-state index contributed by atoms with van der Waals surface area (Å²) in [6.07, 6.45) is 4.10. The van der Waals surface area contributed by atoms with Gasteiger partial charge in [0.15, 0.2) is 0 Å². The molecule has 0 bridgehead atoms. The predicted molar refractivity (Wildman–Crippen MR) is 122 cm³/mol. The van der Waals surface area contributed by atoms with Gasteiger partial charge >= 0.3 is 0 Å². The quantitative estimate of drug-likeness (QED) is 0.665. The number of halogens is 2. The minimum absolute atomic E-state index is 0.0583. The fraction of sp³-hybridized carbons (Fsp3) is 0.333. The van der Waals surface area contributed by atoms with Crippen LogP contribution in [0.3, 0.4) is 0 Å². The van der Waals surface area contributed by atoms with Gasteiger partial charge in [0.1, 0.15) is 5.82 Å². The van der Waals surface area contributed by atoms with Gasteiger partial charge in [-0.15, -0.1) is 0 Å². The van der Waals surface area contributed by atoms with E-state index in [4.69, 9.17) is 11.6 Å². The Morgan fingerprint density at radius 2 is 1.94 bits per heavy atom. The number of amides is 2. The van der Waals surface area contributed by atoms with Crippen molar-refractivity contribution in [3.8, 4) is 0 Å². The highest BCUT2D eigenvalue weighted by Gasteiger charge is 2.28. The van der Waals surface area contributed by atoms with E-state index in [2.05, 4.69) is 17.1 Å². The molecular formula is C24H27ClFN3O2. The second-order valence-electron chi connectivity index (χ2n) is 7.70. The number of nitrogens with one attached hydrogen (secondary N) is 1. The molecule has 164 valence electrons. The maximum atomic E-state index is 13.1. The number of rotatable bonds is 6. The Bertz CT molecular complexity index is 962. The van der Waals surface area contributed by atoms with Crippen LogP contribution in [0.5, 0.6) is 0 Å². The Balaban J connectivity index is 1.65. The van der Waals surface area contributed by atoms with E-state index in [9.17, 15) is 14.0 Å². The first kappa shape index (κ1) is 23.0. The third-order valence-corrected chi connectivity index (χ3v) is 5.61. The summed E-state index contributed by atoms with van der Waals surface area (Å²) in [7, 11) is 0. The number of benzene rings is 2. The van der Waals surface area contributed by atoms with E-state index in [1.807, 2.05) is 4.90 Å². The van der Waals surface area contributed by atoms with Crippen LogP contribution in [0, 0.1) is 5.82 Å². The Hall–Kier alpha value is -2.70. The summed E-state index contributed by atoms with van der Waals surface area (Å²) >= 11 is 6.03. The monoisotopic (exact) mass is 443 g/mol. The molecule has 7 heteroatoms. The fourth-order valence-corrected chi connectivity index (χ4v) is 3.95. The van der Waals surface area contributed by atoms with Crippen LogP contribution in [0.25, 0.3) is 6.08 Å². The van der Waals surface area contributed by atoms with E-state index in [-0.39, 0.29) is 23.7 Å². The highest BCUT2D eigenvalue weighted by atomic mass is 35.5. The first-order valence-electron chi connectivity index (χ1n) is 10.4. The topological polar surface area (TPSA) is 52.6 Å². The van der Waals surface area contributed by atoms with Gasteiger partial charge in [-0.1, -0.05) is 36.7 Å². The summed E-state index contributed by atoms with van der Waals surface area (Å²) in [5.41, 5.74) is 2.35. The van der Waals surface area contributed by atoms with Crippen LogP contribution in [0.1, 0.15) is 31.4 Å². The van der Waals surface area contributed by atoms with Crippen LogP contribution in [0.2, 0.25) is 5.02 Å². The molecular weight excluding hydrogens is 417 g/mol. The third-order valence-electron chi connectivity index (χ3n) is 5.37. The van der Waals surface area contributed by atoms with Crippen molar-refractivity contribution in [2.24, 2.45) is 0 Å². The van der Waals surface area contributed by atoms with Gasteiger partial charge in [0.2, 0.25) is 11.8 Å². The van der Waals surface area contributed by atoms with E-state index in [0.717, 1.165) is 37.2 Å². The molecule has 0 radical (unpaired) electrons. The zero-order valence-corrected chi connectivity index (χ0v) is 18.5. The summed E-state index contributed by atoms with van der Waals surface area (Å²) in [6, 6.07) is 11.8. The highest BCUT2D eigenvalue weighted by molar-refractivity contribution is 6.31. The molecule has 31 heavy (non-hydrogen) atoms. The molecule has 0 aliphatic carbocycles. The van der Waals surface area contributed by atoms with Gasteiger partial charge in [0.25, 0.3) is 0 Å². The number of hydrogen-bond acceptors (Lipinski definition) is 3. The smallest absolute Gasteiger partial charge is 0.246 e. The summed E-state index contributed by atoms with van der Waals surface area (Å²) in [4.78, 5) is 28.5. The number of carbonyl (C=O) groups excluding carboxylic acids is 2. The van der Waals surface area contributed by atoms with Gasteiger partial charge in [-0.25, -0.2) is 4.39 Å². The maximum Gasteiger partial charge on any atom is 0.246 e. The molecule has 1 atom stereocenters. The number of piperazine rings is 1. The molecule has 3 rings (SSSR count). The van der Waals surface area contributed by atoms with E-state index >= 15 is 0 Å². The van der Waals surface area contributed by atoms with Gasteiger partial charge in [-0.3, -0.25) is 14.5 Å². The van der Waals surface area contributed by atoms with Gasteiger partial charge in [-0.05, 0) is 47.9 Å². The van der Waals surface area contributed by atoms with Crippen LogP contribution < -0.4 is 5.32 Å². The third kappa shape index (κ3) is 6.39. The maximum absolute atomic E-state index is 13.1. The fourth-order valence-electron chi connectivity index (χ4n) is 3.78. The van der Waals surface area contributed by atoms with Crippen LogP contribution in [-0.2, 0) is 16.1 Å². The number of hydrogen-bond donors (Lipinski definition) is 1. The molecule has 1 fully saturated rings. The zero-order chi connectivity index (χ0) is 22.4.